The normalized spacial score (nSPS) is 10.8. The second kappa shape index (κ2) is 8.07. The van der Waals surface area contributed by atoms with Crippen LogP contribution in [0.1, 0.15) is 5.56 Å². The van der Waals surface area contributed by atoms with Crippen molar-refractivity contribution in [3.63, 3.8) is 0 Å². The van der Waals surface area contributed by atoms with Crippen molar-refractivity contribution in [3.8, 4) is 0 Å². The van der Waals surface area contributed by atoms with Crippen molar-refractivity contribution < 1.29 is 4.79 Å². The number of nitrogens with zero attached hydrogens (tertiary/aromatic N) is 1. The molecule has 124 valence electrons. The topological polar surface area (TPSA) is 54.0 Å². The third kappa shape index (κ3) is 4.33. The highest BCUT2D eigenvalue weighted by Gasteiger charge is 2.08. The molecule has 0 unspecified atom stereocenters. The number of carbonyl (C=O) groups excluding carboxylic acids is 1. The van der Waals surface area contributed by atoms with E-state index >= 15 is 0 Å². The van der Waals surface area contributed by atoms with Crippen LogP contribution in [-0.2, 0) is 6.42 Å². The van der Waals surface area contributed by atoms with Crippen molar-refractivity contribution in [2.24, 2.45) is 0 Å². The van der Waals surface area contributed by atoms with Crippen molar-refractivity contribution in [3.05, 3.63) is 58.1 Å². The van der Waals surface area contributed by atoms with Crippen molar-refractivity contribution >= 4 is 62.7 Å². The van der Waals surface area contributed by atoms with Gasteiger partial charge in [0, 0.05) is 28.5 Å². The molecular weight excluding hydrogens is 385 g/mol. The molecule has 0 aliphatic rings. The van der Waals surface area contributed by atoms with Crippen LogP contribution in [-0.4, -0.2) is 17.6 Å². The third-order valence-corrected chi connectivity index (χ3v) is 5.82. The quantitative estimate of drug-likeness (QED) is 0.585. The molecule has 3 aromatic rings. The summed E-state index contributed by atoms with van der Waals surface area (Å²) in [5, 5.41) is 3.99. The standard InChI is InChI=1S/C16H13Cl2N3OS2/c17-11-4-3-5-12(18)10(11)8-9-19-15(22)21-24-16-20-13-6-1-2-7-14(13)23-16/h1-7H,8-9H2,(H2,19,21,22). The molecule has 24 heavy (non-hydrogen) atoms. The lowest BCUT2D eigenvalue weighted by Gasteiger charge is -2.08. The first-order valence-electron chi connectivity index (χ1n) is 7.12. The zero-order chi connectivity index (χ0) is 16.9. The number of urea groups is 1. The SMILES string of the molecule is O=C(NCCc1c(Cl)cccc1Cl)NSc1nc2ccccc2s1. The maximum absolute atomic E-state index is 11.9. The van der Waals surface area contributed by atoms with Crippen LogP contribution >= 0.6 is 46.5 Å². The summed E-state index contributed by atoms with van der Waals surface area (Å²) in [5.74, 6) is 0. The number of benzene rings is 2. The smallest absolute Gasteiger partial charge is 0.325 e. The van der Waals surface area contributed by atoms with Crippen molar-refractivity contribution in [1.82, 2.24) is 15.0 Å². The summed E-state index contributed by atoms with van der Waals surface area (Å²) in [4.78, 5) is 16.3. The number of halogens is 2. The fraction of sp³-hybridized carbons (Fsp3) is 0.125. The summed E-state index contributed by atoms with van der Waals surface area (Å²) >= 11 is 14.9. The van der Waals surface area contributed by atoms with Gasteiger partial charge < -0.3 is 5.32 Å². The van der Waals surface area contributed by atoms with Crippen LogP contribution < -0.4 is 10.0 Å². The predicted octanol–water partition coefficient (Wildman–Crippen LogP) is 5.15. The maximum atomic E-state index is 11.9. The lowest BCUT2D eigenvalue weighted by molar-refractivity contribution is 0.246. The van der Waals surface area contributed by atoms with E-state index in [1.54, 1.807) is 18.2 Å². The van der Waals surface area contributed by atoms with Gasteiger partial charge in [-0.25, -0.2) is 9.78 Å². The van der Waals surface area contributed by atoms with Gasteiger partial charge in [0.25, 0.3) is 0 Å². The number of carbonyl (C=O) groups is 1. The Labute approximate surface area is 157 Å². The fourth-order valence-electron chi connectivity index (χ4n) is 2.09. The third-order valence-electron chi connectivity index (χ3n) is 3.23. The number of hydrogen-bond donors (Lipinski definition) is 2. The summed E-state index contributed by atoms with van der Waals surface area (Å²) in [7, 11) is 0. The number of amides is 2. The molecule has 0 bridgehead atoms. The molecule has 8 heteroatoms. The van der Waals surface area contributed by atoms with E-state index < -0.39 is 0 Å². The van der Waals surface area contributed by atoms with E-state index in [9.17, 15) is 4.79 Å². The molecule has 0 aliphatic carbocycles. The van der Waals surface area contributed by atoms with Crippen LogP contribution in [0.4, 0.5) is 4.79 Å². The van der Waals surface area contributed by atoms with E-state index in [0.29, 0.717) is 23.0 Å². The van der Waals surface area contributed by atoms with E-state index in [1.165, 1.54) is 23.3 Å². The minimum absolute atomic E-state index is 0.276. The minimum atomic E-state index is -0.276. The Morgan fingerprint density at radius 1 is 1.12 bits per heavy atom. The minimum Gasteiger partial charge on any atom is -0.337 e. The Balaban J connectivity index is 1.47. The number of aromatic nitrogens is 1. The Morgan fingerprint density at radius 3 is 2.62 bits per heavy atom. The van der Waals surface area contributed by atoms with Crippen LogP contribution in [0, 0.1) is 0 Å². The van der Waals surface area contributed by atoms with Gasteiger partial charge in [-0.15, -0.1) is 11.3 Å². The van der Waals surface area contributed by atoms with Crippen LogP contribution in [0.3, 0.4) is 0 Å². The molecule has 0 fully saturated rings. The Kier molecular flexibility index (Phi) is 5.84. The van der Waals surface area contributed by atoms with Gasteiger partial charge in [0.15, 0.2) is 4.34 Å². The number of hydrogen-bond acceptors (Lipinski definition) is 4. The van der Waals surface area contributed by atoms with Gasteiger partial charge in [0.05, 0.1) is 10.2 Å². The van der Waals surface area contributed by atoms with Crippen molar-refractivity contribution in [1.29, 1.82) is 0 Å². The van der Waals surface area contributed by atoms with Gasteiger partial charge in [-0.3, -0.25) is 4.72 Å². The Bertz CT molecular complexity index is 816. The highest BCUT2D eigenvalue weighted by molar-refractivity contribution is 7.99. The molecule has 1 aromatic heterocycles. The number of thiazole rings is 1. The molecule has 0 spiro atoms. The van der Waals surface area contributed by atoms with Crippen molar-refractivity contribution in [2.45, 2.75) is 10.8 Å². The lowest BCUT2D eigenvalue weighted by Crippen LogP contribution is -2.32. The second-order valence-corrected chi connectivity index (χ2v) is 7.76. The summed E-state index contributed by atoms with van der Waals surface area (Å²) in [6.07, 6.45) is 0.567. The molecule has 3 rings (SSSR count). The van der Waals surface area contributed by atoms with Gasteiger partial charge in [0.1, 0.15) is 0 Å². The van der Waals surface area contributed by atoms with Gasteiger partial charge in [-0.05, 0) is 36.2 Å². The molecule has 2 aromatic carbocycles. The zero-order valence-electron chi connectivity index (χ0n) is 12.4. The maximum Gasteiger partial charge on any atom is 0.325 e. The van der Waals surface area contributed by atoms with E-state index in [-0.39, 0.29) is 6.03 Å². The van der Waals surface area contributed by atoms with E-state index in [2.05, 4.69) is 15.0 Å². The first kappa shape index (κ1) is 17.4. The molecule has 0 aliphatic heterocycles. The van der Waals surface area contributed by atoms with E-state index in [0.717, 1.165) is 20.1 Å². The summed E-state index contributed by atoms with van der Waals surface area (Å²) in [6.45, 7) is 0.440. The highest BCUT2D eigenvalue weighted by Crippen LogP contribution is 2.27. The first-order valence-corrected chi connectivity index (χ1v) is 9.51. The number of nitrogens with one attached hydrogen (secondary N) is 2. The second-order valence-electron chi connectivity index (χ2n) is 4.86. The first-order chi connectivity index (χ1) is 11.6. The summed E-state index contributed by atoms with van der Waals surface area (Å²) in [6, 6.07) is 12.9. The average Bonchev–Trinajstić information content (AvgIpc) is 2.98. The van der Waals surface area contributed by atoms with Gasteiger partial charge >= 0.3 is 6.03 Å². The molecule has 0 atom stereocenters. The molecule has 0 saturated heterocycles. The molecule has 2 amide bonds. The Morgan fingerprint density at radius 2 is 1.88 bits per heavy atom. The van der Waals surface area contributed by atoms with Crippen LogP contribution in [0.5, 0.6) is 0 Å². The van der Waals surface area contributed by atoms with Gasteiger partial charge in [0.2, 0.25) is 0 Å². The number of para-hydroxylation sites is 1. The van der Waals surface area contributed by atoms with Crippen molar-refractivity contribution in [2.75, 3.05) is 6.54 Å². The van der Waals surface area contributed by atoms with E-state index in [4.69, 9.17) is 23.2 Å². The summed E-state index contributed by atoms with van der Waals surface area (Å²) < 4.78 is 4.61. The molecule has 2 N–H and O–H groups in total. The van der Waals surface area contributed by atoms with Crippen LogP contribution in [0.2, 0.25) is 10.0 Å². The molecule has 1 heterocycles. The predicted molar refractivity (Wildman–Crippen MR) is 102 cm³/mol. The summed E-state index contributed by atoms with van der Waals surface area (Å²) in [5.41, 5.74) is 1.76. The molecule has 0 saturated carbocycles. The van der Waals surface area contributed by atoms with E-state index in [1.807, 2.05) is 24.3 Å². The fourth-order valence-corrected chi connectivity index (χ4v) is 4.33. The van der Waals surface area contributed by atoms with Crippen LogP contribution in [0.25, 0.3) is 10.2 Å². The molecule has 4 nitrogen and oxygen atoms in total. The number of fused-ring (bicyclic) bond motifs is 1. The highest BCUT2D eigenvalue weighted by atomic mass is 35.5. The lowest BCUT2D eigenvalue weighted by atomic mass is 10.1. The molecular formula is C16H13Cl2N3OS2. The monoisotopic (exact) mass is 397 g/mol. The Hall–Kier alpha value is -1.47. The largest absolute Gasteiger partial charge is 0.337 e. The zero-order valence-corrected chi connectivity index (χ0v) is 15.5. The number of rotatable bonds is 5. The molecule has 0 radical (unpaired) electrons. The van der Waals surface area contributed by atoms with Gasteiger partial charge in [-0.1, -0.05) is 41.4 Å². The van der Waals surface area contributed by atoms with Crippen LogP contribution in [0.15, 0.2) is 46.8 Å². The average molecular weight is 398 g/mol. The van der Waals surface area contributed by atoms with Gasteiger partial charge in [-0.2, -0.15) is 0 Å².